The molecule has 4 amide bonds. The van der Waals surface area contributed by atoms with E-state index in [1.807, 2.05) is 26.2 Å². The summed E-state index contributed by atoms with van der Waals surface area (Å²) in [6.07, 6.45) is 0.192. The number of hydrogen-bond donors (Lipinski definition) is 3. The molecule has 0 bridgehead atoms. The van der Waals surface area contributed by atoms with E-state index in [-0.39, 0.29) is 11.9 Å². The van der Waals surface area contributed by atoms with E-state index in [1.54, 1.807) is 86.3 Å². The van der Waals surface area contributed by atoms with Gasteiger partial charge in [-0.25, -0.2) is 9.59 Å². The molecule has 0 unspecified atom stereocenters. The molecular weight excluding hydrogens is 542 g/mol. The molecule has 3 N–H and O–H groups in total. The van der Waals surface area contributed by atoms with Gasteiger partial charge < -0.3 is 25.2 Å². The summed E-state index contributed by atoms with van der Waals surface area (Å²) in [7, 11) is 3.99. The number of ether oxygens (including phenoxy) is 1. The topological polar surface area (TPSA) is 103 Å². The second-order valence-electron chi connectivity index (χ2n) is 10.8. The second-order valence-corrected chi connectivity index (χ2v) is 11.3. The number of halogens is 1. The van der Waals surface area contributed by atoms with Crippen LogP contribution in [0.25, 0.3) is 0 Å². The minimum Gasteiger partial charge on any atom is -0.444 e. The number of hydrogen-bond acceptors (Lipinski definition) is 5. The predicted octanol–water partition coefficient (Wildman–Crippen LogP) is 6.93. The molecule has 0 aliphatic rings. The summed E-state index contributed by atoms with van der Waals surface area (Å²) in [6, 6.07) is 20.7. The van der Waals surface area contributed by atoms with Gasteiger partial charge in [0.2, 0.25) is 0 Å². The Morgan fingerprint density at radius 1 is 0.805 bits per heavy atom. The molecule has 10 heteroatoms. The maximum atomic E-state index is 13.1. The molecule has 0 saturated carbocycles. The van der Waals surface area contributed by atoms with Crippen LogP contribution in [0.15, 0.2) is 72.8 Å². The third-order valence-corrected chi connectivity index (χ3v) is 6.07. The van der Waals surface area contributed by atoms with Gasteiger partial charge in [0.1, 0.15) is 5.60 Å². The standard InChI is InChI=1S/C31H38ClN5O4/c1-31(2,3)41-30(40)35-27-10-7-6-9-26(27)34-28(38)23-13-11-22(12-14-23)21-37(20-8-19-36(4)5)29(39)33-25-17-15-24(32)16-18-25/h6-7,9-18H,8,19-21H2,1-5H3,(H,33,39)(H,34,38)(H,35,40). The van der Waals surface area contributed by atoms with Crippen LogP contribution in [0.1, 0.15) is 43.1 Å². The van der Waals surface area contributed by atoms with Crippen molar-refractivity contribution in [1.29, 1.82) is 0 Å². The van der Waals surface area contributed by atoms with Gasteiger partial charge in [0.05, 0.1) is 11.4 Å². The molecule has 0 aliphatic carbocycles. The molecule has 0 spiro atoms. The molecule has 0 heterocycles. The summed E-state index contributed by atoms with van der Waals surface area (Å²) in [5.74, 6) is -0.335. The van der Waals surface area contributed by atoms with Crippen molar-refractivity contribution in [3.8, 4) is 0 Å². The summed E-state index contributed by atoms with van der Waals surface area (Å²) >= 11 is 5.97. The van der Waals surface area contributed by atoms with Crippen molar-refractivity contribution in [3.63, 3.8) is 0 Å². The average molecular weight is 580 g/mol. The molecule has 218 valence electrons. The van der Waals surface area contributed by atoms with Crippen LogP contribution in [0, 0.1) is 0 Å². The fraction of sp³-hybridized carbons (Fsp3) is 0.323. The van der Waals surface area contributed by atoms with Crippen LogP contribution in [0.4, 0.5) is 26.7 Å². The first-order valence-electron chi connectivity index (χ1n) is 13.3. The van der Waals surface area contributed by atoms with Gasteiger partial charge >= 0.3 is 12.1 Å². The smallest absolute Gasteiger partial charge is 0.412 e. The lowest BCUT2D eigenvalue weighted by atomic mass is 10.1. The third kappa shape index (κ3) is 10.8. The van der Waals surface area contributed by atoms with Crippen molar-refractivity contribution in [2.75, 3.05) is 43.1 Å². The zero-order chi connectivity index (χ0) is 30.0. The number of anilines is 3. The van der Waals surface area contributed by atoms with Gasteiger partial charge in [-0.1, -0.05) is 35.9 Å². The van der Waals surface area contributed by atoms with Gasteiger partial charge in [-0.2, -0.15) is 0 Å². The van der Waals surface area contributed by atoms with Crippen LogP contribution in [0.2, 0.25) is 5.02 Å². The molecule has 9 nitrogen and oxygen atoms in total. The molecule has 3 aromatic rings. The molecule has 0 atom stereocenters. The lowest BCUT2D eigenvalue weighted by Gasteiger charge is -2.24. The number of carbonyl (C=O) groups is 3. The number of carbonyl (C=O) groups excluding carboxylic acids is 3. The van der Waals surface area contributed by atoms with Crippen LogP contribution in [0.5, 0.6) is 0 Å². The van der Waals surface area contributed by atoms with Crippen LogP contribution >= 0.6 is 11.6 Å². The number of amides is 4. The van der Waals surface area contributed by atoms with Gasteiger partial charge in [-0.05, 0) is 102 Å². The van der Waals surface area contributed by atoms with Gasteiger partial charge in [0, 0.05) is 29.4 Å². The Bertz CT molecular complexity index is 1320. The van der Waals surface area contributed by atoms with Gasteiger partial charge in [-0.15, -0.1) is 0 Å². The van der Waals surface area contributed by atoms with Gasteiger partial charge in [-0.3, -0.25) is 10.1 Å². The number of nitrogens with one attached hydrogen (secondary N) is 3. The summed E-state index contributed by atoms with van der Waals surface area (Å²) in [4.78, 5) is 42.2. The molecule has 3 aromatic carbocycles. The zero-order valence-electron chi connectivity index (χ0n) is 24.2. The van der Waals surface area contributed by atoms with E-state index in [0.717, 1.165) is 18.5 Å². The molecule has 0 aliphatic heterocycles. The largest absolute Gasteiger partial charge is 0.444 e. The number of nitrogens with zero attached hydrogens (tertiary/aromatic N) is 2. The van der Waals surface area contributed by atoms with Crippen molar-refractivity contribution >= 4 is 46.7 Å². The average Bonchev–Trinajstić information content (AvgIpc) is 2.89. The van der Waals surface area contributed by atoms with E-state index in [1.165, 1.54) is 0 Å². The highest BCUT2D eigenvalue weighted by atomic mass is 35.5. The second kappa shape index (κ2) is 14.5. The third-order valence-electron chi connectivity index (χ3n) is 5.82. The SMILES string of the molecule is CN(C)CCCN(Cc1ccc(C(=O)Nc2ccccc2NC(=O)OC(C)(C)C)cc1)C(=O)Nc1ccc(Cl)cc1. The summed E-state index contributed by atoms with van der Waals surface area (Å²) in [5, 5.41) is 9.05. The highest BCUT2D eigenvalue weighted by Gasteiger charge is 2.18. The van der Waals surface area contributed by atoms with E-state index in [9.17, 15) is 14.4 Å². The van der Waals surface area contributed by atoms with Crippen molar-refractivity contribution in [3.05, 3.63) is 88.9 Å². The molecule has 0 saturated heterocycles. The summed E-state index contributed by atoms with van der Waals surface area (Å²) < 4.78 is 5.32. The Balaban J connectivity index is 1.67. The molecular formula is C31H38ClN5O4. The van der Waals surface area contributed by atoms with Crippen LogP contribution < -0.4 is 16.0 Å². The first-order valence-corrected chi connectivity index (χ1v) is 13.7. The Morgan fingerprint density at radius 3 is 2.00 bits per heavy atom. The number of rotatable bonds is 10. The minimum atomic E-state index is -0.650. The fourth-order valence-corrected chi connectivity index (χ4v) is 3.98. The maximum Gasteiger partial charge on any atom is 0.412 e. The number of benzene rings is 3. The van der Waals surface area contributed by atoms with E-state index < -0.39 is 11.7 Å². The Kier molecular flexibility index (Phi) is 11.1. The first kappa shape index (κ1) is 31.4. The fourth-order valence-electron chi connectivity index (χ4n) is 3.86. The molecule has 0 aromatic heterocycles. The van der Waals surface area contributed by atoms with Crippen LogP contribution in [-0.4, -0.2) is 60.6 Å². The Labute approximate surface area is 246 Å². The van der Waals surface area contributed by atoms with Crippen LogP contribution in [0.3, 0.4) is 0 Å². The quantitative estimate of drug-likeness (QED) is 0.242. The van der Waals surface area contributed by atoms with Crippen molar-refractivity contribution in [1.82, 2.24) is 9.80 Å². The van der Waals surface area contributed by atoms with Gasteiger partial charge in [0.25, 0.3) is 5.91 Å². The van der Waals surface area contributed by atoms with E-state index >= 15 is 0 Å². The molecule has 0 radical (unpaired) electrons. The monoisotopic (exact) mass is 579 g/mol. The van der Waals surface area contributed by atoms with Gasteiger partial charge in [0.15, 0.2) is 0 Å². The molecule has 41 heavy (non-hydrogen) atoms. The van der Waals surface area contributed by atoms with Crippen molar-refractivity contribution in [2.24, 2.45) is 0 Å². The first-order chi connectivity index (χ1) is 19.4. The highest BCUT2D eigenvalue weighted by molar-refractivity contribution is 6.30. The minimum absolute atomic E-state index is 0.220. The van der Waals surface area contributed by atoms with E-state index in [0.29, 0.717) is 40.7 Å². The summed E-state index contributed by atoms with van der Waals surface area (Å²) in [5.41, 5.74) is 2.19. The Hall–Kier alpha value is -4.08. The highest BCUT2D eigenvalue weighted by Crippen LogP contribution is 2.23. The number of para-hydroxylation sites is 2. The maximum absolute atomic E-state index is 13.1. The van der Waals surface area contributed by atoms with E-state index in [4.69, 9.17) is 16.3 Å². The van der Waals surface area contributed by atoms with Crippen LogP contribution in [-0.2, 0) is 11.3 Å². The van der Waals surface area contributed by atoms with E-state index in [2.05, 4.69) is 20.9 Å². The van der Waals surface area contributed by atoms with Crippen molar-refractivity contribution in [2.45, 2.75) is 39.3 Å². The lowest BCUT2D eigenvalue weighted by molar-refractivity contribution is 0.0635. The predicted molar refractivity (Wildman–Crippen MR) is 165 cm³/mol. The Morgan fingerprint density at radius 2 is 1.41 bits per heavy atom. The molecule has 3 rings (SSSR count). The number of urea groups is 1. The molecule has 0 fully saturated rings. The summed E-state index contributed by atoms with van der Waals surface area (Å²) in [6.45, 7) is 7.10. The lowest BCUT2D eigenvalue weighted by Crippen LogP contribution is -2.36. The zero-order valence-corrected chi connectivity index (χ0v) is 24.9. The van der Waals surface area contributed by atoms with Crippen molar-refractivity contribution < 1.29 is 19.1 Å². The normalized spacial score (nSPS) is 11.1.